The van der Waals surface area contributed by atoms with Crippen molar-refractivity contribution in [1.29, 1.82) is 0 Å². The summed E-state index contributed by atoms with van der Waals surface area (Å²) in [6.07, 6.45) is 4.59. The Balaban J connectivity index is 1.67. The highest BCUT2D eigenvalue weighted by Crippen LogP contribution is 2.36. The number of amides is 3. The minimum absolute atomic E-state index is 0.384. The maximum Gasteiger partial charge on any atom is 0.339 e. The first kappa shape index (κ1) is 21.7. The topological polar surface area (TPSA) is 97.4 Å². The predicted octanol–water partition coefficient (Wildman–Crippen LogP) is 4.18. The van der Waals surface area contributed by atoms with Gasteiger partial charge in [0.05, 0.1) is 16.8 Å². The summed E-state index contributed by atoms with van der Waals surface area (Å²) in [6.45, 7) is 1.58. The maximum atomic E-state index is 13.1. The lowest BCUT2D eigenvalue weighted by Crippen LogP contribution is -2.41. The predicted molar refractivity (Wildman–Crippen MR) is 124 cm³/mol. The minimum atomic E-state index is -0.685. The van der Waals surface area contributed by atoms with E-state index in [1.165, 1.54) is 0 Å². The van der Waals surface area contributed by atoms with Gasteiger partial charge in [-0.15, -0.1) is 11.3 Å². The second-order valence-corrected chi connectivity index (χ2v) is 8.33. The van der Waals surface area contributed by atoms with E-state index in [-0.39, 0.29) is 0 Å². The molecule has 0 bridgehead atoms. The van der Waals surface area contributed by atoms with Crippen LogP contribution in [0.4, 0.5) is 4.79 Å². The smallest absolute Gasteiger partial charge is 0.339 e. The molecule has 3 aromatic rings. The number of imide groups is 1. The zero-order valence-corrected chi connectivity index (χ0v) is 18.5. The molecule has 2 aromatic heterocycles. The Kier molecular flexibility index (Phi) is 6.61. The summed E-state index contributed by atoms with van der Waals surface area (Å²) < 4.78 is 5.31. The number of esters is 1. The van der Waals surface area contributed by atoms with Gasteiger partial charge in [0, 0.05) is 16.8 Å². The van der Waals surface area contributed by atoms with Crippen LogP contribution in [0.1, 0.15) is 46.3 Å². The summed E-state index contributed by atoms with van der Waals surface area (Å²) in [4.78, 5) is 42.6. The van der Waals surface area contributed by atoms with E-state index < -0.39 is 24.5 Å². The van der Waals surface area contributed by atoms with E-state index >= 15 is 0 Å². The monoisotopic (exact) mass is 449 g/mol. The Morgan fingerprint density at radius 3 is 2.78 bits per heavy atom. The summed E-state index contributed by atoms with van der Waals surface area (Å²) in [5.74, 6) is -1.28. The molecule has 7 nitrogen and oxygen atoms in total. The molecule has 0 saturated heterocycles. The van der Waals surface area contributed by atoms with Crippen molar-refractivity contribution in [3.05, 3.63) is 63.5 Å². The number of allylic oxidation sites excluding steroid dienone is 1. The Morgan fingerprint density at radius 1 is 1.16 bits per heavy atom. The summed E-state index contributed by atoms with van der Waals surface area (Å²) in [7, 11) is 0. The van der Waals surface area contributed by atoms with E-state index in [1.807, 2.05) is 35.7 Å². The molecule has 32 heavy (non-hydrogen) atoms. The van der Waals surface area contributed by atoms with E-state index in [1.54, 1.807) is 18.3 Å². The van der Waals surface area contributed by atoms with Gasteiger partial charge >= 0.3 is 12.0 Å². The normalized spacial score (nSPS) is 14.1. The van der Waals surface area contributed by atoms with Crippen molar-refractivity contribution in [1.82, 2.24) is 15.6 Å². The third-order valence-electron chi connectivity index (χ3n) is 5.16. The van der Waals surface area contributed by atoms with Gasteiger partial charge in [-0.25, -0.2) is 14.6 Å². The fraction of sp³-hybridized carbons (Fsp3) is 0.250. The number of carbonyl (C=O) groups excluding carboxylic acids is 3. The van der Waals surface area contributed by atoms with Crippen LogP contribution in [0.25, 0.3) is 22.6 Å². The molecule has 0 saturated carbocycles. The summed E-state index contributed by atoms with van der Waals surface area (Å²) >= 11 is 1.65. The number of urea groups is 1. The van der Waals surface area contributed by atoms with E-state index in [4.69, 9.17) is 9.72 Å². The second kappa shape index (κ2) is 9.74. The highest BCUT2D eigenvalue weighted by molar-refractivity contribution is 7.10. The zero-order chi connectivity index (χ0) is 22.5. The van der Waals surface area contributed by atoms with Gasteiger partial charge in [0.2, 0.25) is 0 Å². The fourth-order valence-corrected chi connectivity index (χ4v) is 4.51. The van der Waals surface area contributed by atoms with Crippen molar-refractivity contribution < 1.29 is 19.1 Å². The van der Waals surface area contributed by atoms with Crippen molar-refractivity contribution in [2.75, 3.05) is 13.2 Å². The Morgan fingerprint density at radius 2 is 2.00 bits per heavy atom. The highest BCUT2D eigenvalue weighted by atomic mass is 32.1. The maximum absolute atomic E-state index is 13.1. The standard InChI is InChI=1S/C24H23N3O4S/c1-2-25-24(30)27-20(28)14-31-23(29)21-17-9-3-4-11-19(17)26-22-15(7-5-10-18(21)22)13-16-8-6-12-32-16/h3-4,6,8-9,11-13H,2,5,7,10,14H2,1H3,(H2,25,27,28,30). The molecule has 8 heteroatoms. The van der Waals surface area contributed by atoms with Gasteiger partial charge < -0.3 is 10.1 Å². The molecule has 2 heterocycles. The van der Waals surface area contributed by atoms with E-state index in [0.717, 1.165) is 34.5 Å². The average molecular weight is 450 g/mol. The molecule has 4 rings (SSSR count). The third kappa shape index (κ3) is 4.70. The number of benzene rings is 1. The molecule has 0 spiro atoms. The van der Waals surface area contributed by atoms with Gasteiger partial charge in [-0.3, -0.25) is 10.1 Å². The van der Waals surface area contributed by atoms with Crippen LogP contribution in [-0.4, -0.2) is 36.0 Å². The van der Waals surface area contributed by atoms with Crippen LogP contribution in [0.15, 0.2) is 41.8 Å². The number of rotatable bonds is 5. The van der Waals surface area contributed by atoms with Crippen LogP contribution in [0.2, 0.25) is 0 Å². The number of aromatic nitrogens is 1. The van der Waals surface area contributed by atoms with Gasteiger partial charge in [-0.1, -0.05) is 24.3 Å². The molecule has 1 aromatic carbocycles. The molecule has 0 unspecified atom stereocenters. The van der Waals surface area contributed by atoms with Crippen LogP contribution < -0.4 is 10.6 Å². The lowest BCUT2D eigenvalue weighted by atomic mass is 9.86. The first-order chi connectivity index (χ1) is 15.6. The number of nitrogens with one attached hydrogen (secondary N) is 2. The molecular weight excluding hydrogens is 426 g/mol. The number of fused-ring (bicyclic) bond motifs is 2. The molecular formula is C24H23N3O4S. The van der Waals surface area contributed by atoms with Crippen LogP contribution in [0, 0.1) is 0 Å². The van der Waals surface area contributed by atoms with Gasteiger partial charge in [-0.05, 0) is 60.9 Å². The molecule has 0 aliphatic heterocycles. The van der Waals surface area contributed by atoms with E-state index in [0.29, 0.717) is 29.4 Å². The van der Waals surface area contributed by atoms with Crippen molar-refractivity contribution in [3.8, 4) is 0 Å². The quantitative estimate of drug-likeness (QED) is 0.570. The third-order valence-corrected chi connectivity index (χ3v) is 5.98. The number of nitrogens with zero attached hydrogens (tertiary/aromatic N) is 1. The van der Waals surface area contributed by atoms with Gasteiger partial charge in [-0.2, -0.15) is 0 Å². The number of ether oxygens (including phenoxy) is 1. The second-order valence-electron chi connectivity index (χ2n) is 7.35. The van der Waals surface area contributed by atoms with E-state index in [2.05, 4.69) is 22.8 Å². The Bertz CT molecular complexity index is 1200. The Hall–Kier alpha value is -3.52. The summed E-state index contributed by atoms with van der Waals surface area (Å²) in [5.41, 5.74) is 3.87. The van der Waals surface area contributed by atoms with Crippen molar-refractivity contribution >= 4 is 51.8 Å². The minimum Gasteiger partial charge on any atom is -0.452 e. The Labute approximate surface area is 189 Å². The molecule has 0 atom stereocenters. The van der Waals surface area contributed by atoms with Crippen LogP contribution in [0.3, 0.4) is 0 Å². The largest absolute Gasteiger partial charge is 0.452 e. The van der Waals surface area contributed by atoms with Crippen LogP contribution in [-0.2, 0) is 16.0 Å². The molecule has 0 fully saturated rings. The van der Waals surface area contributed by atoms with Crippen molar-refractivity contribution in [2.45, 2.75) is 26.2 Å². The van der Waals surface area contributed by atoms with Crippen molar-refractivity contribution in [2.24, 2.45) is 0 Å². The molecule has 0 radical (unpaired) electrons. The van der Waals surface area contributed by atoms with Crippen molar-refractivity contribution in [3.63, 3.8) is 0 Å². The van der Waals surface area contributed by atoms with Gasteiger partial charge in [0.25, 0.3) is 5.91 Å². The first-order valence-corrected chi connectivity index (χ1v) is 11.4. The van der Waals surface area contributed by atoms with Gasteiger partial charge in [0.1, 0.15) is 0 Å². The number of pyridine rings is 1. The number of hydrogen-bond acceptors (Lipinski definition) is 6. The number of carbonyl (C=O) groups is 3. The molecule has 164 valence electrons. The number of hydrogen-bond donors (Lipinski definition) is 2. The summed E-state index contributed by atoms with van der Waals surface area (Å²) in [6, 6.07) is 10.9. The first-order valence-electron chi connectivity index (χ1n) is 10.5. The van der Waals surface area contributed by atoms with E-state index in [9.17, 15) is 14.4 Å². The van der Waals surface area contributed by atoms with Crippen LogP contribution in [0.5, 0.6) is 0 Å². The van der Waals surface area contributed by atoms with Crippen LogP contribution >= 0.6 is 11.3 Å². The fourth-order valence-electron chi connectivity index (χ4n) is 3.82. The number of para-hydroxylation sites is 1. The highest BCUT2D eigenvalue weighted by Gasteiger charge is 2.26. The summed E-state index contributed by atoms with van der Waals surface area (Å²) in [5, 5.41) is 7.31. The molecule has 2 N–H and O–H groups in total. The molecule has 1 aliphatic carbocycles. The SMILES string of the molecule is CCNC(=O)NC(=O)COC(=O)c1c2c(nc3ccccc13)C(=Cc1cccs1)CCC2. The molecule has 1 aliphatic rings. The lowest BCUT2D eigenvalue weighted by Gasteiger charge is -2.22. The molecule has 3 amide bonds. The lowest BCUT2D eigenvalue weighted by molar-refractivity contribution is -0.123. The zero-order valence-electron chi connectivity index (χ0n) is 17.6. The number of thiophene rings is 1. The average Bonchev–Trinajstić information content (AvgIpc) is 3.29. The van der Waals surface area contributed by atoms with Gasteiger partial charge in [0.15, 0.2) is 6.61 Å².